The Balaban J connectivity index is 2.66. The van der Waals surface area contributed by atoms with Crippen LogP contribution >= 0.6 is 0 Å². The minimum absolute atomic E-state index is 0.276. The van der Waals surface area contributed by atoms with E-state index in [9.17, 15) is 9.59 Å². The third-order valence-corrected chi connectivity index (χ3v) is 4.98. The molecule has 0 saturated heterocycles. The van der Waals surface area contributed by atoms with Gasteiger partial charge >= 0.3 is 11.9 Å². The Kier molecular flexibility index (Phi) is 8.46. The maximum atomic E-state index is 12.3. The molecule has 0 fully saturated rings. The van der Waals surface area contributed by atoms with Crippen molar-refractivity contribution in [1.82, 2.24) is 0 Å². The Morgan fingerprint density at radius 1 is 0.758 bits per heavy atom. The monoisotopic (exact) mass is 452 g/mol. The highest BCUT2D eigenvalue weighted by molar-refractivity contribution is 5.90. The molecule has 0 aliphatic heterocycles. The third-order valence-electron chi connectivity index (χ3n) is 4.98. The Labute approximate surface area is 195 Å². The molecule has 0 aromatic heterocycles. The second-order valence-electron chi connectivity index (χ2n) is 8.15. The molecule has 0 amide bonds. The molecule has 6 heteroatoms. The first-order valence-electron chi connectivity index (χ1n) is 10.8. The van der Waals surface area contributed by atoms with Crippen molar-refractivity contribution in [3.05, 3.63) is 71.8 Å². The van der Waals surface area contributed by atoms with Gasteiger partial charge in [-0.2, -0.15) is 0 Å². The summed E-state index contributed by atoms with van der Waals surface area (Å²) in [6, 6.07) is 10.7. The minimum Gasteiger partial charge on any atom is -0.494 e. The fraction of sp³-hybridized carbons (Fsp3) is 0.333. The van der Waals surface area contributed by atoms with E-state index in [4.69, 9.17) is 18.9 Å². The molecular formula is C27H32O6. The summed E-state index contributed by atoms with van der Waals surface area (Å²) in [5.41, 5.74) is 1.23. The smallest absolute Gasteiger partial charge is 0.338 e. The van der Waals surface area contributed by atoms with E-state index >= 15 is 0 Å². The van der Waals surface area contributed by atoms with E-state index in [1.54, 1.807) is 26.0 Å². The van der Waals surface area contributed by atoms with Crippen molar-refractivity contribution in [1.29, 1.82) is 0 Å². The molecule has 0 unspecified atom stereocenters. The summed E-state index contributed by atoms with van der Waals surface area (Å²) in [6.07, 6.45) is 0. The number of ether oxygens (including phenoxy) is 4. The fourth-order valence-electron chi connectivity index (χ4n) is 3.24. The third kappa shape index (κ3) is 6.25. The Morgan fingerprint density at radius 3 is 1.42 bits per heavy atom. The van der Waals surface area contributed by atoms with Gasteiger partial charge in [-0.3, -0.25) is 0 Å². The van der Waals surface area contributed by atoms with Crippen molar-refractivity contribution in [3.63, 3.8) is 0 Å². The number of esters is 2. The van der Waals surface area contributed by atoms with E-state index in [0.29, 0.717) is 47.3 Å². The van der Waals surface area contributed by atoms with E-state index in [1.165, 1.54) is 0 Å². The van der Waals surface area contributed by atoms with Gasteiger partial charge in [-0.1, -0.05) is 39.1 Å². The number of hydrogen-bond donors (Lipinski definition) is 0. The van der Waals surface area contributed by atoms with Gasteiger partial charge in [-0.05, 0) is 39.8 Å². The van der Waals surface area contributed by atoms with Crippen molar-refractivity contribution in [3.8, 4) is 23.0 Å². The molecule has 0 atom stereocenters. The molecule has 0 radical (unpaired) electrons. The number of rotatable bonds is 10. The summed E-state index contributed by atoms with van der Waals surface area (Å²) < 4.78 is 22.5. The first kappa shape index (κ1) is 25.7. The van der Waals surface area contributed by atoms with Crippen LogP contribution in [0.25, 0.3) is 0 Å². The molecule has 176 valence electrons. The van der Waals surface area contributed by atoms with E-state index in [1.807, 2.05) is 52.0 Å². The first-order valence-corrected chi connectivity index (χ1v) is 10.8. The molecule has 2 aromatic carbocycles. The van der Waals surface area contributed by atoms with Crippen molar-refractivity contribution in [2.75, 3.05) is 13.2 Å². The SMILES string of the molecule is C=C(C)C(=O)Oc1cc(OCC)ccc1C(C)(C)c1ccc(OCC)cc1OC(=O)C(=C)C. The van der Waals surface area contributed by atoms with E-state index in [-0.39, 0.29) is 11.1 Å². The van der Waals surface area contributed by atoms with Gasteiger partial charge in [0.25, 0.3) is 0 Å². The predicted octanol–water partition coefficient (Wildman–Crippen LogP) is 5.77. The Morgan fingerprint density at radius 2 is 1.12 bits per heavy atom. The second-order valence-corrected chi connectivity index (χ2v) is 8.15. The summed E-state index contributed by atoms with van der Waals surface area (Å²) in [5.74, 6) is 0.738. The summed E-state index contributed by atoms with van der Waals surface area (Å²) in [6.45, 7) is 19.1. The molecule has 0 bridgehead atoms. The zero-order valence-electron chi connectivity index (χ0n) is 20.2. The van der Waals surface area contributed by atoms with Crippen molar-refractivity contribution in [2.45, 2.75) is 47.0 Å². The van der Waals surface area contributed by atoms with Crippen LogP contribution in [0.15, 0.2) is 60.7 Å². The van der Waals surface area contributed by atoms with Crippen molar-refractivity contribution < 1.29 is 28.5 Å². The van der Waals surface area contributed by atoms with Gasteiger partial charge in [0.1, 0.15) is 23.0 Å². The van der Waals surface area contributed by atoms with Gasteiger partial charge in [0.2, 0.25) is 0 Å². The zero-order chi connectivity index (χ0) is 24.8. The van der Waals surface area contributed by atoms with Crippen LogP contribution in [0.5, 0.6) is 23.0 Å². The van der Waals surface area contributed by atoms with Crippen LogP contribution in [0.2, 0.25) is 0 Å². The molecule has 0 spiro atoms. The standard InChI is InChI=1S/C27H32O6/c1-9-30-19-11-13-21(23(15-19)32-25(28)17(3)4)27(7,8)22-14-12-20(31-10-2)16-24(22)33-26(29)18(5)6/h11-16H,3,5,9-10H2,1-2,4,6-8H3. The van der Waals surface area contributed by atoms with Crippen LogP contribution < -0.4 is 18.9 Å². The second kappa shape index (κ2) is 10.9. The number of benzene rings is 2. The van der Waals surface area contributed by atoms with Crippen LogP contribution in [-0.2, 0) is 15.0 Å². The van der Waals surface area contributed by atoms with Gasteiger partial charge in [0.15, 0.2) is 0 Å². The van der Waals surface area contributed by atoms with Gasteiger partial charge in [0, 0.05) is 39.8 Å². The van der Waals surface area contributed by atoms with E-state index in [0.717, 1.165) is 0 Å². The van der Waals surface area contributed by atoms with Crippen molar-refractivity contribution in [2.24, 2.45) is 0 Å². The topological polar surface area (TPSA) is 71.1 Å². The summed E-state index contributed by atoms with van der Waals surface area (Å²) in [7, 11) is 0. The maximum absolute atomic E-state index is 12.3. The van der Waals surface area contributed by atoms with Gasteiger partial charge in [0.05, 0.1) is 13.2 Å². The molecular weight excluding hydrogens is 420 g/mol. The molecule has 6 nitrogen and oxygen atoms in total. The summed E-state index contributed by atoms with van der Waals surface area (Å²) in [5, 5.41) is 0. The molecule has 0 heterocycles. The largest absolute Gasteiger partial charge is 0.494 e. The molecule has 33 heavy (non-hydrogen) atoms. The highest BCUT2D eigenvalue weighted by Gasteiger charge is 2.32. The molecule has 0 aliphatic rings. The number of carbonyl (C=O) groups excluding carboxylic acids is 2. The van der Waals surface area contributed by atoms with E-state index < -0.39 is 17.4 Å². The minimum atomic E-state index is -0.731. The Bertz CT molecular complexity index is 981. The Hall–Kier alpha value is -3.54. The lowest BCUT2D eigenvalue weighted by Crippen LogP contribution is -2.23. The van der Waals surface area contributed by atoms with Crippen LogP contribution in [0.1, 0.15) is 52.7 Å². The quantitative estimate of drug-likeness (QED) is 0.259. The molecule has 0 aliphatic carbocycles. The lowest BCUT2D eigenvalue weighted by atomic mass is 9.77. The van der Waals surface area contributed by atoms with Crippen LogP contribution in [0.3, 0.4) is 0 Å². The van der Waals surface area contributed by atoms with Gasteiger partial charge in [-0.25, -0.2) is 9.59 Å². The van der Waals surface area contributed by atoms with Crippen molar-refractivity contribution >= 4 is 11.9 Å². The van der Waals surface area contributed by atoms with Crippen LogP contribution in [-0.4, -0.2) is 25.2 Å². The highest BCUT2D eigenvalue weighted by Crippen LogP contribution is 2.44. The first-order chi connectivity index (χ1) is 15.5. The maximum Gasteiger partial charge on any atom is 0.338 e. The molecule has 0 saturated carbocycles. The lowest BCUT2D eigenvalue weighted by molar-refractivity contribution is -0.130. The molecule has 2 rings (SSSR count). The van der Waals surface area contributed by atoms with Crippen LogP contribution in [0.4, 0.5) is 0 Å². The normalized spacial score (nSPS) is 10.8. The molecule has 2 aromatic rings. The molecule has 0 N–H and O–H groups in total. The van der Waals surface area contributed by atoms with E-state index in [2.05, 4.69) is 13.2 Å². The fourth-order valence-corrected chi connectivity index (χ4v) is 3.24. The summed E-state index contributed by atoms with van der Waals surface area (Å²) >= 11 is 0. The predicted molar refractivity (Wildman–Crippen MR) is 128 cm³/mol. The summed E-state index contributed by atoms with van der Waals surface area (Å²) in [4.78, 5) is 24.7. The van der Waals surface area contributed by atoms with Gasteiger partial charge in [-0.15, -0.1) is 0 Å². The number of hydrogen-bond acceptors (Lipinski definition) is 6. The van der Waals surface area contributed by atoms with Gasteiger partial charge < -0.3 is 18.9 Å². The average molecular weight is 453 g/mol. The lowest BCUT2D eigenvalue weighted by Gasteiger charge is -2.30. The zero-order valence-corrected chi connectivity index (χ0v) is 20.2. The number of carbonyl (C=O) groups is 2. The highest BCUT2D eigenvalue weighted by atomic mass is 16.5. The van der Waals surface area contributed by atoms with Crippen LogP contribution in [0, 0.1) is 0 Å². The average Bonchev–Trinajstić information content (AvgIpc) is 2.74.